The van der Waals surface area contributed by atoms with Gasteiger partial charge in [0.15, 0.2) is 0 Å². The molecule has 1 amide bonds. The van der Waals surface area contributed by atoms with E-state index in [1.165, 1.54) is 6.66 Å². The maximum Gasteiger partial charge on any atom is 0.259 e. The molecule has 0 aromatic carbocycles. The SMILES string of the molecule is C/C=C\C(C)CCC(NCC(=O)N(O)CC)P(C)(=O)O. The van der Waals surface area contributed by atoms with Crippen molar-refractivity contribution in [2.24, 2.45) is 5.92 Å². The molecule has 0 heterocycles. The van der Waals surface area contributed by atoms with Crippen LogP contribution in [0.15, 0.2) is 12.2 Å². The van der Waals surface area contributed by atoms with Crippen molar-refractivity contribution in [2.45, 2.75) is 39.4 Å². The summed E-state index contributed by atoms with van der Waals surface area (Å²) in [5.74, 6) is -0.826. The number of allylic oxidation sites excluding steroid dienone is 2. The molecule has 20 heavy (non-hydrogen) atoms. The van der Waals surface area contributed by atoms with Gasteiger partial charge in [0.1, 0.15) is 0 Å². The van der Waals surface area contributed by atoms with Gasteiger partial charge in [-0.2, -0.15) is 0 Å². The van der Waals surface area contributed by atoms with Gasteiger partial charge < -0.3 is 4.89 Å². The van der Waals surface area contributed by atoms with Crippen LogP contribution in [0.3, 0.4) is 0 Å². The van der Waals surface area contributed by atoms with Crippen LogP contribution in [0.2, 0.25) is 0 Å². The van der Waals surface area contributed by atoms with Gasteiger partial charge in [-0.3, -0.25) is 19.9 Å². The zero-order valence-electron chi connectivity index (χ0n) is 12.7. The van der Waals surface area contributed by atoms with Crippen LogP contribution in [0.1, 0.15) is 33.6 Å². The molecule has 7 heteroatoms. The monoisotopic (exact) mass is 306 g/mol. The van der Waals surface area contributed by atoms with Crippen LogP contribution < -0.4 is 5.32 Å². The number of carbonyl (C=O) groups excluding carboxylic acids is 1. The highest BCUT2D eigenvalue weighted by Crippen LogP contribution is 2.42. The fourth-order valence-electron chi connectivity index (χ4n) is 1.83. The highest BCUT2D eigenvalue weighted by Gasteiger charge is 2.26. The molecule has 0 aromatic heterocycles. The minimum absolute atomic E-state index is 0.147. The lowest BCUT2D eigenvalue weighted by Crippen LogP contribution is -2.40. The van der Waals surface area contributed by atoms with E-state index in [0.29, 0.717) is 17.4 Å². The van der Waals surface area contributed by atoms with Crippen molar-refractivity contribution in [3.63, 3.8) is 0 Å². The highest BCUT2D eigenvalue weighted by molar-refractivity contribution is 7.57. The van der Waals surface area contributed by atoms with E-state index in [2.05, 4.69) is 5.32 Å². The van der Waals surface area contributed by atoms with Gasteiger partial charge in [0.2, 0.25) is 7.37 Å². The van der Waals surface area contributed by atoms with Gasteiger partial charge in [-0.05, 0) is 32.6 Å². The molecule has 0 aliphatic carbocycles. The predicted octanol–water partition coefficient (Wildman–Crippen LogP) is 2.03. The Morgan fingerprint density at radius 1 is 1.45 bits per heavy atom. The smallest absolute Gasteiger partial charge is 0.259 e. The van der Waals surface area contributed by atoms with E-state index in [9.17, 15) is 19.5 Å². The highest BCUT2D eigenvalue weighted by atomic mass is 31.2. The molecule has 0 radical (unpaired) electrons. The van der Waals surface area contributed by atoms with Gasteiger partial charge in [0, 0.05) is 13.2 Å². The van der Waals surface area contributed by atoms with Crippen molar-refractivity contribution in [2.75, 3.05) is 19.8 Å². The Morgan fingerprint density at radius 3 is 2.50 bits per heavy atom. The maximum atomic E-state index is 11.8. The lowest BCUT2D eigenvalue weighted by Gasteiger charge is -2.23. The van der Waals surface area contributed by atoms with Crippen molar-refractivity contribution in [3.05, 3.63) is 12.2 Å². The molecule has 0 rings (SSSR count). The molecule has 0 aromatic rings. The average molecular weight is 306 g/mol. The first-order valence-corrected chi connectivity index (χ1v) is 9.05. The summed E-state index contributed by atoms with van der Waals surface area (Å²) < 4.78 is 11.8. The fourth-order valence-corrected chi connectivity index (χ4v) is 2.89. The number of hydrogen-bond donors (Lipinski definition) is 3. The first-order valence-electron chi connectivity index (χ1n) is 6.87. The lowest BCUT2D eigenvalue weighted by atomic mass is 10.1. The normalized spacial score (nSPS) is 17.7. The Bertz CT molecular complexity index is 367. The molecule has 0 aliphatic heterocycles. The van der Waals surface area contributed by atoms with Crippen LogP contribution in [0.5, 0.6) is 0 Å². The first-order chi connectivity index (χ1) is 9.22. The Kier molecular flexibility index (Phi) is 8.98. The molecule has 0 saturated carbocycles. The third-order valence-electron chi connectivity index (χ3n) is 3.07. The molecular weight excluding hydrogens is 279 g/mol. The Labute approximate surface area is 121 Å². The van der Waals surface area contributed by atoms with Crippen LogP contribution in [0.4, 0.5) is 0 Å². The molecule has 3 N–H and O–H groups in total. The largest absolute Gasteiger partial charge is 0.343 e. The summed E-state index contributed by atoms with van der Waals surface area (Å²) in [7, 11) is -3.33. The number of nitrogens with one attached hydrogen (secondary N) is 1. The van der Waals surface area contributed by atoms with E-state index in [-0.39, 0.29) is 13.1 Å². The second-order valence-electron chi connectivity index (χ2n) is 5.03. The molecule has 3 atom stereocenters. The van der Waals surface area contributed by atoms with Crippen LogP contribution >= 0.6 is 7.37 Å². The van der Waals surface area contributed by atoms with Crippen LogP contribution in [0, 0.1) is 5.92 Å². The van der Waals surface area contributed by atoms with Gasteiger partial charge in [-0.15, -0.1) is 0 Å². The quantitative estimate of drug-likeness (QED) is 0.262. The average Bonchev–Trinajstić information content (AvgIpc) is 2.36. The van der Waals surface area contributed by atoms with Gasteiger partial charge in [-0.1, -0.05) is 19.1 Å². The van der Waals surface area contributed by atoms with E-state index in [1.54, 1.807) is 6.92 Å². The van der Waals surface area contributed by atoms with Crippen LogP contribution in [0.25, 0.3) is 0 Å². The standard InChI is InChI=1S/C13H27N2O4P/c1-5-7-11(3)8-9-12(20(4,18)19)14-10-13(16)15(17)6-2/h5,7,11-12,14,17H,6,8-10H2,1-4H3,(H,18,19)/b7-5-. The summed E-state index contributed by atoms with van der Waals surface area (Å²) in [6, 6.07) is 0. The molecule has 0 spiro atoms. The number of nitrogens with zero attached hydrogens (tertiary/aromatic N) is 1. The van der Waals surface area contributed by atoms with Crippen LogP contribution in [-0.4, -0.2) is 46.6 Å². The minimum Gasteiger partial charge on any atom is -0.343 e. The number of hydrogen-bond acceptors (Lipinski definition) is 4. The molecule has 0 aliphatic rings. The molecule has 0 saturated heterocycles. The summed E-state index contributed by atoms with van der Waals surface area (Å²) in [4.78, 5) is 21.2. The predicted molar refractivity (Wildman–Crippen MR) is 79.9 cm³/mol. The summed E-state index contributed by atoms with van der Waals surface area (Å²) >= 11 is 0. The number of amides is 1. The van der Waals surface area contributed by atoms with Crippen molar-refractivity contribution in [1.82, 2.24) is 10.4 Å². The van der Waals surface area contributed by atoms with Crippen molar-refractivity contribution in [3.8, 4) is 0 Å². The lowest BCUT2D eigenvalue weighted by molar-refractivity contribution is -0.163. The minimum atomic E-state index is -3.33. The topological polar surface area (TPSA) is 89.9 Å². The van der Waals surface area contributed by atoms with Crippen LogP contribution in [-0.2, 0) is 9.36 Å². The van der Waals surface area contributed by atoms with E-state index in [1.807, 2.05) is 26.0 Å². The van der Waals surface area contributed by atoms with Crippen molar-refractivity contribution < 1.29 is 19.5 Å². The van der Waals surface area contributed by atoms with Crippen molar-refractivity contribution in [1.29, 1.82) is 0 Å². The third kappa shape index (κ3) is 7.80. The fraction of sp³-hybridized carbons (Fsp3) is 0.769. The van der Waals surface area contributed by atoms with Crippen molar-refractivity contribution >= 4 is 13.3 Å². The molecule has 0 fully saturated rings. The van der Waals surface area contributed by atoms with Gasteiger partial charge in [0.25, 0.3) is 5.91 Å². The molecular formula is C13H27N2O4P. The number of hydroxylamine groups is 2. The van der Waals surface area contributed by atoms with Gasteiger partial charge in [-0.25, -0.2) is 5.06 Å². The Balaban J connectivity index is 4.45. The van der Waals surface area contributed by atoms with Gasteiger partial charge >= 0.3 is 0 Å². The van der Waals surface area contributed by atoms with E-state index >= 15 is 0 Å². The second kappa shape index (κ2) is 9.29. The molecule has 0 bridgehead atoms. The van der Waals surface area contributed by atoms with E-state index < -0.39 is 19.1 Å². The first kappa shape index (κ1) is 19.3. The maximum absolute atomic E-state index is 11.8. The number of rotatable bonds is 9. The number of likely N-dealkylation sites (N-methyl/N-ethyl adjacent to an activating group) is 1. The zero-order valence-corrected chi connectivity index (χ0v) is 13.6. The summed E-state index contributed by atoms with van der Waals surface area (Å²) in [6.07, 6.45) is 5.24. The second-order valence-corrected chi connectivity index (χ2v) is 7.54. The van der Waals surface area contributed by atoms with E-state index in [4.69, 9.17) is 0 Å². The Morgan fingerprint density at radius 2 is 2.05 bits per heavy atom. The molecule has 6 nitrogen and oxygen atoms in total. The third-order valence-corrected chi connectivity index (χ3v) is 4.67. The van der Waals surface area contributed by atoms with Gasteiger partial charge in [0.05, 0.1) is 12.3 Å². The number of carbonyl (C=O) groups is 1. The summed E-state index contributed by atoms with van der Waals surface area (Å²) in [5.41, 5.74) is 0. The zero-order chi connectivity index (χ0) is 15.8. The van der Waals surface area contributed by atoms with E-state index in [0.717, 1.165) is 6.42 Å². The summed E-state index contributed by atoms with van der Waals surface area (Å²) in [6.45, 7) is 6.93. The Hall–Kier alpha value is -0.680. The molecule has 118 valence electrons. The molecule has 3 unspecified atom stereocenters. The summed E-state index contributed by atoms with van der Waals surface area (Å²) in [5, 5.41) is 12.6.